The van der Waals surface area contributed by atoms with Crippen LogP contribution in [0, 0.1) is 0 Å². The van der Waals surface area contributed by atoms with Gasteiger partial charge < -0.3 is 0 Å². The Labute approximate surface area is 102 Å². The third-order valence-electron chi connectivity index (χ3n) is 3.28. The Morgan fingerprint density at radius 1 is 1.47 bits per heavy atom. The van der Waals surface area contributed by atoms with E-state index in [1.165, 1.54) is 6.20 Å². The minimum atomic E-state index is -3.35. The Hall–Kier alpha value is -0.880. The number of rotatable bonds is 3. The number of hydrogen-bond donors (Lipinski definition) is 0. The minimum absolute atomic E-state index is 0.0960. The third kappa shape index (κ3) is 2.37. The predicted molar refractivity (Wildman–Crippen MR) is 65.1 cm³/mol. The van der Waals surface area contributed by atoms with Gasteiger partial charge in [0.15, 0.2) is 0 Å². The number of aromatic nitrogens is 2. The van der Waals surface area contributed by atoms with Gasteiger partial charge in [0.25, 0.3) is 0 Å². The molecular formula is C11H19N3O2S. The van der Waals surface area contributed by atoms with E-state index in [1.54, 1.807) is 15.2 Å². The van der Waals surface area contributed by atoms with E-state index < -0.39 is 10.0 Å². The van der Waals surface area contributed by atoms with E-state index in [9.17, 15) is 8.42 Å². The van der Waals surface area contributed by atoms with Gasteiger partial charge in [-0.1, -0.05) is 6.42 Å². The fraction of sp³-hybridized carbons (Fsp3) is 0.727. The first-order valence-corrected chi connectivity index (χ1v) is 7.54. The van der Waals surface area contributed by atoms with Crippen molar-refractivity contribution in [2.45, 2.75) is 50.6 Å². The molecule has 0 amide bonds. The van der Waals surface area contributed by atoms with Crippen molar-refractivity contribution in [3.8, 4) is 0 Å². The van der Waals surface area contributed by atoms with E-state index in [0.717, 1.165) is 19.3 Å². The van der Waals surface area contributed by atoms with E-state index in [0.29, 0.717) is 18.0 Å². The Kier molecular flexibility index (Phi) is 3.53. The van der Waals surface area contributed by atoms with Crippen LogP contribution in [-0.2, 0) is 16.6 Å². The topological polar surface area (TPSA) is 55.2 Å². The number of nitrogens with zero attached hydrogens (tertiary/aromatic N) is 3. The molecule has 0 saturated carbocycles. The highest BCUT2D eigenvalue weighted by molar-refractivity contribution is 7.89. The van der Waals surface area contributed by atoms with Gasteiger partial charge in [-0.2, -0.15) is 9.40 Å². The van der Waals surface area contributed by atoms with Gasteiger partial charge in [0.05, 0.1) is 6.20 Å². The molecule has 0 unspecified atom stereocenters. The normalized spacial score (nSPS) is 22.8. The molecule has 1 saturated heterocycles. The maximum Gasteiger partial charge on any atom is 0.246 e. The third-order valence-corrected chi connectivity index (χ3v) is 5.25. The van der Waals surface area contributed by atoms with Crippen LogP contribution in [0.25, 0.3) is 0 Å². The molecule has 0 spiro atoms. The summed E-state index contributed by atoms with van der Waals surface area (Å²) in [5.74, 6) is 0. The molecule has 2 rings (SSSR count). The van der Waals surface area contributed by atoms with Crippen LogP contribution < -0.4 is 0 Å². The average molecular weight is 257 g/mol. The molecule has 5 nitrogen and oxygen atoms in total. The number of hydrogen-bond acceptors (Lipinski definition) is 3. The molecule has 6 heteroatoms. The second-order valence-electron chi connectivity index (χ2n) is 4.49. The Balaban J connectivity index is 2.28. The summed E-state index contributed by atoms with van der Waals surface area (Å²) in [5, 5.41) is 4.03. The molecule has 1 atom stereocenters. The van der Waals surface area contributed by atoms with Crippen LogP contribution in [0.4, 0.5) is 0 Å². The highest BCUT2D eigenvalue weighted by atomic mass is 32.2. The van der Waals surface area contributed by atoms with Crippen LogP contribution in [0.2, 0.25) is 0 Å². The molecule has 1 aromatic rings. The maximum atomic E-state index is 12.4. The van der Waals surface area contributed by atoms with Gasteiger partial charge in [-0.25, -0.2) is 8.42 Å². The zero-order valence-electron chi connectivity index (χ0n) is 10.3. The summed E-state index contributed by atoms with van der Waals surface area (Å²) in [6.45, 7) is 5.22. The first-order chi connectivity index (χ1) is 8.05. The van der Waals surface area contributed by atoms with Gasteiger partial charge in [0.1, 0.15) is 4.90 Å². The van der Waals surface area contributed by atoms with Crippen molar-refractivity contribution in [3.63, 3.8) is 0 Å². The lowest BCUT2D eigenvalue weighted by atomic mass is 10.1. The number of sulfonamides is 1. The molecule has 2 heterocycles. The minimum Gasteiger partial charge on any atom is -0.272 e. The summed E-state index contributed by atoms with van der Waals surface area (Å²) < 4.78 is 28.0. The SMILES string of the molecule is CCn1cc(S(=O)(=O)N2CCCC[C@@H]2C)cn1. The predicted octanol–water partition coefficient (Wildman–Crippen LogP) is 1.47. The van der Waals surface area contributed by atoms with Crippen LogP contribution in [-0.4, -0.2) is 35.1 Å². The molecule has 0 N–H and O–H groups in total. The Morgan fingerprint density at radius 3 is 2.82 bits per heavy atom. The van der Waals surface area contributed by atoms with E-state index in [1.807, 2.05) is 13.8 Å². The summed E-state index contributed by atoms with van der Waals surface area (Å²) in [7, 11) is -3.35. The lowest BCUT2D eigenvalue weighted by Gasteiger charge is -2.31. The monoisotopic (exact) mass is 257 g/mol. The molecule has 0 aromatic carbocycles. The summed E-state index contributed by atoms with van der Waals surface area (Å²) in [6.07, 6.45) is 6.06. The lowest BCUT2D eigenvalue weighted by Crippen LogP contribution is -2.41. The van der Waals surface area contributed by atoms with Crippen molar-refractivity contribution in [3.05, 3.63) is 12.4 Å². The van der Waals surface area contributed by atoms with Crippen molar-refractivity contribution < 1.29 is 8.42 Å². The van der Waals surface area contributed by atoms with Gasteiger partial charge in [-0.15, -0.1) is 0 Å². The first-order valence-electron chi connectivity index (χ1n) is 6.10. The highest BCUT2D eigenvalue weighted by Gasteiger charge is 2.31. The van der Waals surface area contributed by atoms with Crippen molar-refractivity contribution in [2.75, 3.05) is 6.54 Å². The van der Waals surface area contributed by atoms with Crippen molar-refractivity contribution in [1.82, 2.24) is 14.1 Å². The lowest BCUT2D eigenvalue weighted by molar-refractivity contribution is 0.268. The molecule has 0 radical (unpaired) electrons. The number of aryl methyl sites for hydroxylation is 1. The molecule has 17 heavy (non-hydrogen) atoms. The first kappa shape index (κ1) is 12.6. The summed E-state index contributed by atoms with van der Waals surface area (Å²) in [4.78, 5) is 0.313. The fourth-order valence-corrected chi connectivity index (χ4v) is 3.87. The smallest absolute Gasteiger partial charge is 0.246 e. The van der Waals surface area contributed by atoms with Crippen LogP contribution >= 0.6 is 0 Å². The largest absolute Gasteiger partial charge is 0.272 e. The van der Waals surface area contributed by atoms with Crippen LogP contribution in [0.1, 0.15) is 33.1 Å². The van der Waals surface area contributed by atoms with Crippen molar-refractivity contribution in [2.24, 2.45) is 0 Å². The zero-order valence-corrected chi connectivity index (χ0v) is 11.2. The fourth-order valence-electron chi connectivity index (χ4n) is 2.21. The standard InChI is InChI=1S/C11H19N3O2S/c1-3-13-9-11(8-12-13)17(15,16)14-7-5-4-6-10(14)2/h8-10H,3-7H2,1-2H3/t10-/m0/s1. The summed E-state index contributed by atoms with van der Waals surface area (Å²) >= 11 is 0. The summed E-state index contributed by atoms with van der Waals surface area (Å²) in [5.41, 5.74) is 0. The Bertz CT molecular complexity index is 481. The van der Waals surface area contributed by atoms with Gasteiger partial charge in [-0.3, -0.25) is 4.68 Å². The second-order valence-corrected chi connectivity index (χ2v) is 6.38. The second kappa shape index (κ2) is 4.78. The van der Waals surface area contributed by atoms with E-state index in [-0.39, 0.29) is 6.04 Å². The van der Waals surface area contributed by atoms with E-state index >= 15 is 0 Å². The molecule has 0 aliphatic carbocycles. The van der Waals surface area contributed by atoms with Crippen LogP contribution in [0.15, 0.2) is 17.3 Å². The van der Waals surface area contributed by atoms with Gasteiger partial charge >= 0.3 is 0 Å². The maximum absolute atomic E-state index is 12.4. The van der Waals surface area contributed by atoms with Crippen LogP contribution in [0.5, 0.6) is 0 Å². The quantitative estimate of drug-likeness (QED) is 0.824. The zero-order chi connectivity index (χ0) is 12.5. The molecular weight excluding hydrogens is 238 g/mol. The van der Waals surface area contributed by atoms with Gasteiger partial charge in [0, 0.05) is 25.3 Å². The van der Waals surface area contributed by atoms with Crippen molar-refractivity contribution >= 4 is 10.0 Å². The number of piperidine rings is 1. The molecule has 1 aliphatic rings. The van der Waals surface area contributed by atoms with Crippen LogP contribution in [0.3, 0.4) is 0 Å². The molecule has 1 fully saturated rings. The molecule has 0 bridgehead atoms. The van der Waals surface area contributed by atoms with E-state index in [2.05, 4.69) is 5.10 Å². The van der Waals surface area contributed by atoms with Gasteiger partial charge in [-0.05, 0) is 26.7 Å². The summed E-state index contributed by atoms with van der Waals surface area (Å²) in [6, 6.07) is 0.0960. The molecule has 1 aromatic heterocycles. The van der Waals surface area contributed by atoms with Gasteiger partial charge in [0.2, 0.25) is 10.0 Å². The van der Waals surface area contributed by atoms with E-state index in [4.69, 9.17) is 0 Å². The Morgan fingerprint density at radius 2 is 2.24 bits per heavy atom. The molecule has 1 aliphatic heterocycles. The highest BCUT2D eigenvalue weighted by Crippen LogP contribution is 2.24. The van der Waals surface area contributed by atoms with Crippen molar-refractivity contribution in [1.29, 1.82) is 0 Å². The molecule has 96 valence electrons. The average Bonchev–Trinajstić information content (AvgIpc) is 2.78.